The van der Waals surface area contributed by atoms with Gasteiger partial charge in [-0.3, -0.25) is 14.9 Å². The first-order valence-corrected chi connectivity index (χ1v) is 7.74. The molecule has 0 amide bonds. The van der Waals surface area contributed by atoms with E-state index in [-0.39, 0.29) is 11.4 Å². The summed E-state index contributed by atoms with van der Waals surface area (Å²) in [6, 6.07) is 1.64. The minimum absolute atomic E-state index is 0.101. The van der Waals surface area contributed by atoms with E-state index in [9.17, 15) is 23.3 Å². The molecule has 0 unspecified atom stereocenters. The van der Waals surface area contributed by atoms with Crippen molar-refractivity contribution in [1.82, 2.24) is 4.72 Å². The van der Waals surface area contributed by atoms with Crippen LogP contribution in [-0.2, 0) is 14.8 Å². The maximum absolute atomic E-state index is 12.1. The van der Waals surface area contributed by atoms with Gasteiger partial charge in [0.1, 0.15) is 11.1 Å². The van der Waals surface area contributed by atoms with Gasteiger partial charge in [0.05, 0.1) is 9.82 Å². The van der Waals surface area contributed by atoms with E-state index in [1.54, 1.807) is 6.92 Å². The number of carbonyl (C=O) groups is 1. The highest BCUT2D eigenvalue weighted by Gasteiger charge is 2.26. The van der Waals surface area contributed by atoms with Crippen LogP contribution in [0.25, 0.3) is 0 Å². The van der Waals surface area contributed by atoms with E-state index < -0.39 is 37.5 Å². The first-order valence-electron chi connectivity index (χ1n) is 5.88. The molecule has 0 aliphatic carbocycles. The average Bonchev–Trinajstić information content (AvgIpc) is 2.37. The topological polar surface area (TPSA) is 127 Å². The summed E-state index contributed by atoms with van der Waals surface area (Å²) in [5.74, 6) is -1.32. The van der Waals surface area contributed by atoms with Crippen LogP contribution in [0.15, 0.2) is 23.1 Å². The van der Waals surface area contributed by atoms with Gasteiger partial charge in [-0.15, -0.1) is 0 Å². The Labute approximate surface area is 125 Å². The highest BCUT2D eigenvalue weighted by atomic mass is 35.5. The van der Waals surface area contributed by atoms with Crippen molar-refractivity contribution in [1.29, 1.82) is 0 Å². The standard InChI is InChI=1S/C11H13ClN2O6S/c1-2-3-9(11(15)16)13-21(19,20)7-4-5-8(12)10(6-7)14(17)18/h4-6,9,13H,2-3H2,1H3,(H,15,16)/t9-/m1/s1. The molecule has 0 aliphatic rings. The van der Waals surface area contributed by atoms with Crippen LogP contribution >= 0.6 is 11.6 Å². The average molecular weight is 337 g/mol. The van der Waals surface area contributed by atoms with Crippen molar-refractivity contribution in [3.05, 3.63) is 33.3 Å². The monoisotopic (exact) mass is 336 g/mol. The lowest BCUT2D eigenvalue weighted by molar-refractivity contribution is -0.384. The largest absolute Gasteiger partial charge is 0.480 e. The predicted octanol–water partition coefficient (Wildman–Crippen LogP) is 1.78. The molecule has 0 saturated carbocycles. The van der Waals surface area contributed by atoms with Crippen LogP contribution in [0.1, 0.15) is 19.8 Å². The van der Waals surface area contributed by atoms with Crippen molar-refractivity contribution >= 4 is 33.3 Å². The molecule has 0 radical (unpaired) electrons. The Bertz CT molecular complexity index is 661. The first-order chi connectivity index (χ1) is 9.69. The summed E-state index contributed by atoms with van der Waals surface area (Å²) >= 11 is 5.60. The molecule has 1 aromatic carbocycles. The number of halogens is 1. The molecule has 0 heterocycles. The van der Waals surface area contributed by atoms with Gasteiger partial charge in [-0.05, 0) is 18.6 Å². The smallest absolute Gasteiger partial charge is 0.321 e. The van der Waals surface area contributed by atoms with E-state index in [0.717, 1.165) is 18.2 Å². The molecule has 116 valence electrons. The number of hydrogen-bond acceptors (Lipinski definition) is 5. The van der Waals surface area contributed by atoms with E-state index in [1.165, 1.54) is 0 Å². The van der Waals surface area contributed by atoms with E-state index in [4.69, 9.17) is 16.7 Å². The number of nitrogens with zero attached hydrogens (tertiary/aromatic N) is 1. The number of aliphatic carboxylic acids is 1. The first kappa shape index (κ1) is 17.3. The minimum Gasteiger partial charge on any atom is -0.480 e. The maximum Gasteiger partial charge on any atom is 0.321 e. The van der Waals surface area contributed by atoms with E-state index in [2.05, 4.69) is 0 Å². The molecule has 0 bridgehead atoms. The van der Waals surface area contributed by atoms with Crippen molar-refractivity contribution in [2.75, 3.05) is 0 Å². The van der Waals surface area contributed by atoms with Gasteiger partial charge in [0, 0.05) is 6.07 Å². The molecule has 0 aromatic heterocycles. The molecule has 1 atom stereocenters. The summed E-state index contributed by atoms with van der Waals surface area (Å²) in [6.07, 6.45) is 0.560. The van der Waals surface area contributed by atoms with Crippen molar-refractivity contribution in [3.63, 3.8) is 0 Å². The Hall–Kier alpha value is -1.71. The third-order valence-electron chi connectivity index (χ3n) is 2.60. The molecule has 0 spiro atoms. The van der Waals surface area contributed by atoms with Crippen molar-refractivity contribution in [3.8, 4) is 0 Å². The van der Waals surface area contributed by atoms with Gasteiger partial charge >= 0.3 is 5.97 Å². The zero-order valence-electron chi connectivity index (χ0n) is 10.9. The summed E-state index contributed by atoms with van der Waals surface area (Å²) < 4.78 is 26.1. The van der Waals surface area contributed by atoms with Crippen molar-refractivity contribution in [2.24, 2.45) is 0 Å². The molecule has 21 heavy (non-hydrogen) atoms. The van der Waals surface area contributed by atoms with Crippen LogP contribution in [0.5, 0.6) is 0 Å². The number of rotatable bonds is 7. The Morgan fingerprint density at radius 3 is 2.62 bits per heavy atom. The number of hydrogen-bond donors (Lipinski definition) is 2. The minimum atomic E-state index is -4.19. The van der Waals surface area contributed by atoms with Crippen LogP contribution in [-0.4, -0.2) is 30.5 Å². The summed E-state index contributed by atoms with van der Waals surface area (Å²) in [5.41, 5.74) is -0.568. The van der Waals surface area contributed by atoms with Crippen LogP contribution in [0, 0.1) is 10.1 Å². The molecule has 0 aliphatic heterocycles. The highest BCUT2D eigenvalue weighted by Crippen LogP contribution is 2.27. The van der Waals surface area contributed by atoms with Gasteiger partial charge < -0.3 is 5.11 Å². The molecule has 1 rings (SSSR count). The van der Waals surface area contributed by atoms with Crippen molar-refractivity contribution < 1.29 is 23.2 Å². The summed E-state index contributed by atoms with van der Waals surface area (Å²) in [4.78, 5) is 20.5. The molecule has 10 heteroatoms. The Balaban J connectivity index is 3.16. The fourth-order valence-corrected chi connectivity index (χ4v) is 3.01. The van der Waals surface area contributed by atoms with E-state index in [1.807, 2.05) is 4.72 Å². The van der Waals surface area contributed by atoms with Crippen LogP contribution in [0.3, 0.4) is 0 Å². The van der Waals surface area contributed by atoms with Gasteiger partial charge in [0.2, 0.25) is 10.0 Å². The SMILES string of the molecule is CCC[C@@H](NS(=O)(=O)c1ccc(Cl)c([N+](=O)[O-])c1)C(=O)O. The number of nitro groups is 1. The lowest BCUT2D eigenvalue weighted by Gasteiger charge is -2.13. The highest BCUT2D eigenvalue weighted by molar-refractivity contribution is 7.89. The number of sulfonamides is 1. The van der Waals surface area contributed by atoms with E-state index in [0.29, 0.717) is 6.42 Å². The molecule has 1 aromatic rings. The number of nitro benzene ring substituents is 1. The maximum atomic E-state index is 12.1. The normalized spacial score (nSPS) is 12.9. The van der Waals surface area contributed by atoms with E-state index >= 15 is 0 Å². The predicted molar refractivity (Wildman–Crippen MR) is 74.8 cm³/mol. The Morgan fingerprint density at radius 1 is 1.52 bits per heavy atom. The number of carboxylic acids is 1. The summed E-state index contributed by atoms with van der Waals surface area (Å²) in [5, 5.41) is 19.5. The van der Waals surface area contributed by atoms with Gasteiger partial charge in [-0.25, -0.2) is 8.42 Å². The molecule has 8 nitrogen and oxygen atoms in total. The zero-order valence-corrected chi connectivity index (χ0v) is 12.5. The van der Waals surface area contributed by atoms with Gasteiger partial charge in [-0.2, -0.15) is 4.72 Å². The quantitative estimate of drug-likeness (QED) is 0.577. The molecule has 2 N–H and O–H groups in total. The number of carboxylic acid groups (broad SMARTS) is 1. The third kappa shape index (κ3) is 4.38. The van der Waals surface area contributed by atoms with Crippen molar-refractivity contribution in [2.45, 2.75) is 30.7 Å². The second-order valence-electron chi connectivity index (χ2n) is 4.17. The Morgan fingerprint density at radius 2 is 2.14 bits per heavy atom. The summed E-state index contributed by atoms with van der Waals surface area (Å²) in [6.45, 7) is 1.71. The number of nitrogens with one attached hydrogen (secondary N) is 1. The number of benzene rings is 1. The van der Waals surface area contributed by atoms with Crippen LogP contribution in [0.4, 0.5) is 5.69 Å². The molecule has 0 fully saturated rings. The van der Waals surface area contributed by atoms with Gasteiger partial charge in [0.15, 0.2) is 0 Å². The molecule has 0 saturated heterocycles. The zero-order chi connectivity index (χ0) is 16.2. The summed E-state index contributed by atoms with van der Waals surface area (Å²) in [7, 11) is -4.19. The fourth-order valence-electron chi connectivity index (χ4n) is 1.58. The third-order valence-corrected chi connectivity index (χ3v) is 4.39. The second kappa shape index (κ2) is 6.83. The van der Waals surface area contributed by atoms with Crippen LogP contribution in [0.2, 0.25) is 5.02 Å². The van der Waals surface area contributed by atoms with Gasteiger partial charge in [-0.1, -0.05) is 24.9 Å². The van der Waals surface area contributed by atoms with Gasteiger partial charge in [0.25, 0.3) is 5.69 Å². The fraction of sp³-hybridized carbons (Fsp3) is 0.364. The lowest BCUT2D eigenvalue weighted by atomic mass is 10.2. The molecular formula is C11H13ClN2O6S. The Kier molecular flexibility index (Phi) is 5.64. The van der Waals surface area contributed by atoms with Crippen LogP contribution < -0.4 is 4.72 Å². The second-order valence-corrected chi connectivity index (χ2v) is 6.29. The lowest BCUT2D eigenvalue weighted by Crippen LogP contribution is -2.40. The molecular weight excluding hydrogens is 324 g/mol.